The first-order chi connectivity index (χ1) is 10.7. The highest BCUT2D eigenvalue weighted by Gasteiger charge is 2.08. The molecular formula is C15H19N3O4. The van der Waals surface area contributed by atoms with Crippen LogP contribution in [0.25, 0.3) is 0 Å². The lowest BCUT2D eigenvalue weighted by molar-refractivity contribution is -0.114. The van der Waals surface area contributed by atoms with E-state index in [1.165, 1.54) is 0 Å². The summed E-state index contributed by atoms with van der Waals surface area (Å²) in [6.45, 7) is 2.81. The highest BCUT2D eigenvalue weighted by molar-refractivity contribution is 5.92. The number of carbonyl (C=O) groups excluding carboxylic acids is 1. The maximum Gasteiger partial charge on any atom is 0.246 e. The van der Waals surface area contributed by atoms with Gasteiger partial charge in [0.25, 0.3) is 0 Å². The lowest BCUT2D eigenvalue weighted by atomic mass is 10.3. The number of ether oxygens (including phenoxy) is 2. The maximum atomic E-state index is 11.8. The molecule has 0 saturated carbocycles. The van der Waals surface area contributed by atoms with Crippen molar-refractivity contribution >= 4 is 17.5 Å². The number of rotatable bonds is 8. The molecule has 2 N–H and O–H groups in total. The van der Waals surface area contributed by atoms with Gasteiger partial charge in [0.15, 0.2) is 0 Å². The lowest BCUT2D eigenvalue weighted by Crippen LogP contribution is -2.21. The van der Waals surface area contributed by atoms with Crippen LogP contribution in [0.3, 0.4) is 0 Å². The molecule has 118 valence electrons. The zero-order valence-electron chi connectivity index (χ0n) is 12.6. The van der Waals surface area contributed by atoms with E-state index in [9.17, 15) is 4.79 Å². The number of hydrogen-bond acceptors (Lipinski definition) is 6. The van der Waals surface area contributed by atoms with Crippen molar-refractivity contribution in [3.8, 4) is 5.75 Å². The van der Waals surface area contributed by atoms with Crippen LogP contribution >= 0.6 is 0 Å². The van der Waals surface area contributed by atoms with E-state index in [4.69, 9.17) is 14.0 Å². The fourth-order valence-corrected chi connectivity index (χ4v) is 1.75. The number of aromatic nitrogens is 1. The van der Waals surface area contributed by atoms with Gasteiger partial charge < -0.3 is 19.3 Å². The Morgan fingerprint density at radius 3 is 2.86 bits per heavy atom. The molecule has 1 amide bonds. The minimum atomic E-state index is -0.233. The van der Waals surface area contributed by atoms with Crippen LogP contribution in [-0.4, -0.2) is 37.9 Å². The summed E-state index contributed by atoms with van der Waals surface area (Å²) in [7, 11) is 1.61. The van der Waals surface area contributed by atoms with E-state index in [1.807, 2.05) is 24.3 Å². The van der Waals surface area contributed by atoms with Crippen LogP contribution in [0.2, 0.25) is 0 Å². The Morgan fingerprint density at radius 1 is 1.32 bits per heavy atom. The van der Waals surface area contributed by atoms with E-state index in [-0.39, 0.29) is 12.5 Å². The first-order valence-corrected chi connectivity index (χ1v) is 6.87. The van der Waals surface area contributed by atoms with Crippen LogP contribution in [0, 0.1) is 6.92 Å². The smallest absolute Gasteiger partial charge is 0.246 e. The SMILES string of the molecule is COCCOc1ccccc1NCC(=O)Nc1cc(C)no1. The first kappa shape index (κ1) is 15.8. The first-order valence-electron chi connectivity index (χ1n) is 6.87. The minimum Gasteiger partial charge on any atom is -0.489 e. The average Bonchev–Trinajstić information content (AvgIpc) is 2.91. The van der Waals surface area contributed by atoms with Crippen molar-refractivity contribution in [2.75, 3.05) is 37.5 Å². The molecule has 7 heteroatoms. The highest BCUT2D eigenvalue weighted by atomic mass is 16.5. The summed E-state index contributed by atoms with van der Waals surface area (Å²) in [5.41, 5.74) is 1.45. The summed E-state index contributed by atoms with van der Waals surface area (Å²) < 4.78 is 15.5. The molecule has 1 aromatic carbocycles. The summed E-state index contributed by atoms with van der Waals surface area (Å²) >= 11 is 0. The second kappa shape index (κ2) is 8.04. The van der Waals surface area contributed by atoms with Gasteiger partial charge >= 0.3 is 0 Å². The fraction of sp³-hybridized carbons (Fsp3) is 0.333. The number of para-hydroxylation sites is 2. The number of nitrogens with one attached hydrogen (secondary N) is 2. The van der Waals surface area contributed by atoms with Crippen LogP contribution < -0.4 is 15.4 Å². The summed E-state index contributed by atoms with van der Waals surface area (Å²) in [6, 6.07) is 9.05. The average molecular weight is 305 g/mol. The Labute approximate surface area is 128 Å². The molecule has 0 fully saturated rings. The van der Waals surface area contributed by atoms with Gasteiger partial charge in [-0.3, -0.25) is 10.1 Å². The minimum absolute atomic E-state index is 0.0877. The molecule has 0 spiro atoms. The lowest BCUT2D eigenvalue weighted by Gasteiger charge is -2.12. The van der Waals surface area contributed by atoms with Gasteiger partial charge in [-0.15, -0.1) is 0 Å². The van der Waals surface area contributed by atoms with Crippen molar-refractivity contribution in [1.82, 2.24) is 5.16 Å². The monoisotopic (exact) mass is 305 g/mol. The van der Waals surface area contributed by atoms with E-state index in [0.717, 1.165) is 5.69 Å². The van der Waals surface area contributed by atoms with E-state index in [1.54, 1.807) is 20.1 Å². The van der Waals surface area contributed by atoms with Crippen molar-refractivity contribution in [1.29, 1.82) is 0 Å². The van der Waals surface area contributed by atoms with Crippen LogP contribution in [0.5, 0.6) is 5.75 Å². The maximum absolute atomic E-state index is 11.8. The molecule has 1 heterocycles. The standard InChI is InChI=1S/C15H19N3O4/c1-11-9-15(22-18-11)17-14(19)10-16-12-5-3-4-6-13(12)21-8-7-20-2/h3-6,9,16H,7-8,10H2,1-2H3,(H,17,19). The number of benzene rings is 1. The number of hydrogen-bond donors (Lipinski definition) is 2. The topological polar surface area (TPSA) is 85.6 Å². The van der Waals surface area contributed by atoms with Crippen molar-refractivity contribution in [2.45, 2.75) is 6.92 Å². The molecule has 0 aliphatic rings. The van der Waals surface area contributed by atoms with Crippen LogP contribution in [0.1, 0.15) is 5.69 Å². The third kappa shape index (κ3) is 4.78. The molecule has 7 nitrogen and oxygen atoms in total. The molecule has 2 aromatic rings. The second-order valence-electron chi connectivity index (χ2n) is 4.57. The number of methoxy groups -OCH3 is 1. The zero-order chi connectivity index (χ0) is 15.8. The van der Waals surface area contributed by atoms with Gasteiger partial charge in [-0.05, 0) is 19.1 Å². The van der Waals surface area contributed by atoms with Crippen molar-refractivity contribution in [2.24, 2.45) is 0 Å². The van der Waals surface area contributed by atoms with Gasteiger partial charge in [-0.25, -0.2) is 0 Å². The van der Waals surface area contributed by atoms with Crippen LogP contribution in [0.15, 0.2) is 34.9 Å². The number of amides is 1. The predicted octanol–water partition coefficient (Wildman–Crippen LogP) is 2.06. The van der Waals surface area contributed by atoms with E-state index in [0.29, 0.717) is 30.5 Å². The Kier molecular flexibility index (Phi) is 5.79. The van der Waals surface area contributed by atoms with Crippen molar-refractivity contribution in [3.05, 3.63) is 36.0 Å². The van der Waals surface area contributed by atoms with Gasteiger partial charge in [0.2, 0.25) is 11.8 Å². The highest BCUT2D eigenvalue weighted by Crippen LogP contribution is 2.23. The quantitative estimate of drug-likeness (QED) is 0.726. The Balaban J connectivity index is 1.86. The molecule has 0 atom stereocenters. The third-order valence-electron chi connectivity index (χ3n) is 2.76. The molecule has 0 aliphatic heterocycles. The van der Waals surface area contributed by atoms with Gasteiger partial charge in [0, 0.05) is 13.2 Å². The van der Waals surface area contributed by atoms with Crippen molar-refractivity contribution < 1.29 is 18.8 Å². The van der Waals surface area contributed by atoms with E-state index < -0.39 is 0 Å². The van der Waals surface area contributed by atoms with E-state index >= 15 is 0 Å². The van der Waals surface area contributed by atoms with Crippen LogP contribution in [0.4, 0.5) is 11.6 Å². The largest absolute Gasteiger partial charge is 0.489 e. The molecule has 22 heavy (non-hydrogen) atoms. The van der Waals surface area contributed by atoms with Crippen molar-refractivity contribution in [3.63, 3.8) is 0 Å². The zero-order valence-corrected chi connectivity index (χ0v) is 12.6. The fourth-order valence-electron chi connectivity index (χ4n) is 1.75. The molecule has 1 aromatic heterocycles. The molecule has 0 saturated heterocycles. The number of anilines is 2. The van der Waals surface area contributed by atoms with Gasteiger partial charge in [-0.1, -0.05) is 17.3 Å². The molecule has 0 aliphatic carbocycles. The predicted molar refractivity (Wildman–Crippen MR) is 82.2 cm³/mol. The molecular weight excluding hydrogens is 286 g/mol. The summed E-state index contributed by atoms with van der Waals surface area (Å²) in [4.78, 5) is 11.8. The molecule has 2 rings (SSSR count). The van der Waals surface area contributed by atoms with Gasteiger partial charge in [-0.2, -0.15) is 0 Å². The summed E-state index contributed by atoms with van der Waals surface area (Å²) in [5, 5.41) is 9.34. The molecule has 0 bridgehead atoms. The van der Waals surface area contributed by atoms with Gasteiger partial charge in [0.05, 0.1) is 24.5 Å². The number of aryl methyl sites for hydroxylation is 1. The normalized spacial score (nSPS) is 10.3. The second-order valence-corrected chi connectivity index (χ2v) is 4.57. The van der Waals surface area contributed by atoms with Crippen LogP contribution in [-0.2, 0) is 9.53 Å². The Bertz CT molecular complexity index is 612. The van der Waals surface area contributed by atoms with E-state index in [2.05, 4.69) is 15.8 Å². The molecule has 0 radical (unpaired) electrons. The number of carbonyl (C=O) groups is 1. The Morgan fingerprint density at radius 2 is 2.14 bits per heavy atom. The summed E-state index contributed by atoms with van der Waals surface area (Å²) in [6.07, 6.45) is 0. The number of nitrogens with zero attached hydrogens (tertiary/aromatic N) is 1. The third-order valence-corrected chi connectivity index (χ3v) is 2.76. The summed E-state index contributed by atoms with van der Waals surface area (Å²) in [5.74, 6) is 0.764. The van der Waals surface area contributed by atoms with Gasteiger partial charge in [0.1, 0.15) is 12.4 Å². The molecule has 0 unspecified atom stereocenters. The Hall–Kier alpha value is -2.54.